The minimum absolute atomic E-state index is 0.445. The Labute approximate surface area is 90.1 Å². The van der Waals surface area contributed by atoms with Gasteiger partial charge in [0.25, 0.3) is 0 Å². The Bertz CT molecular complexity index is 263. The summed E-state index contributed by atoms with van der Waals surface area (Å²) in [5.74, 6) is 1.22. The molecule has 0 radical (unpaired) electrons. The largest absolute Gasteiger partial charge is 0.385 e. The Morgan fingerprint density at radius 2 is 2.13 bits per heavy atom. The summed E-state index contributed by atoms with van der Waals surface area (Å²) in [6.45, 7) is 1.74. The fourth-order valence-corrected chi connectivity index (χ4v) is 1.19. The van der Waals surface area contributed by atoms with Gasteiger partial charge in [0.15, 0.2) is 0 Å². The van der Waals surface area contributed by atoms with E-state index in [1.165, 1.54) is 0 Å². The number of rotatable bonds is 7. The molecule has 0 bridgehead atoms. The van der Waals surface area contributed by atoms with Crippen LogP contribution in [0.3, 0.4) is 0 Å². The molecule has 1 heterocycles. The lowest BCUT2D eigenvalue weighted by Gasteiger charge is -2.04. The van der Waals surface area contributed by atoms with Crippen LogP contribution in [-0.4, -0.2) is 30.2 Å². The molecule has 0 spiro atoms. The summed E-state index contributed by atoms with van der Waals surface area (Å²) in [6.07, 6.45) is 6.56. The summed E-state index contributed by atoms with van der Waals surface area (Å²) in [5, 5.41) is 3.18. The number of anilines is 2. The number of ether oxygens (including phenoxy) is 1. The molecule has 0 aliphatic rings. The van der Waals surface area contributed by atoms with Crippen LogP contribution in [0.15, 0.2) is 12.4 Å². The van der Waals surface area contributed by atoms with Crippen molar-refractivity contribution in [1.82, 2.24) is 9.97 Å². The maximum atomic E-state index is 5.42. The maximum Gasteiger partial charge on any atom is 0.144 e. The molecule has 1 aromatic heterocycles. The highest BCUT2D eigenvalue weighted by Gasteiger charge is 1.93. The van der Waals surface area contributed by atoms with Crippen molar-refractivity contribution in [1.29, 1.82) is 0 Å². The van der Waals surface area contributed by atoms with E-state index in [4.69, 9.17) is 10.5 Å². The van der Waals surface area contributed by atoms with Gasteiger partial charge in [-0.1, -0.05) is 0 Å². The molecule has 84 valence electrons. The number of aromatic nitrogens is 2. The molecule has 0 unspecified atom stereocenters. The van der Waals surface area contributed by atoms with E-state index in [0.29, 0.717) is 5.82 Å². The van der Waals surface area contributed by atoms with E-state index in [0.717, 1.165) is 38.2 Å². The standard InChI is InChI=1S/C10H18N4O/c1-15-6-4-2-3-5-12-10-8-13-9(11)7-14-10/h7-8H,2-6H2,1H3,(H2,11,13)(H,12,14). The molecule has 5 nitrogen and oxygen atoms in total. The van der Waals surface area contributed by atoms with Gasteiger partial charge in [-0.25, -0.2) is 9.97 Å². The normalized spacial score (nSPS) is 10.2. The van der Waals surface area contributed by atoms with Gasteiger partial charge in [0.05, 0.1) is 12.4 Å². The zero-order valence-electron chi connectivity index (χ0n) is 9.07. The molecule has 1 aromatic rings. The predicted octanol–water partition coefficient (Wildman–Crippen LogP) is 1.29. The van der Waals surface area contributed by atoms with Crippen LogP contribution in [0.5, 0.6) is 0 Å². The number of nitrogens with zero attached hydrogens (tertiary/aromatic N) is 2. The molecular formula is C10H18N4O. The van der Waals surface area contributed by atoms with Crippen molar-refractivity contribution >= 4 is 11.6 Å². The van der Waals surface area contributed by atoms with Crippen molar-refractivity contribution in [3.63, 3.8) is 0 Å². The maximum absolute atomic E-state index is 5.42. The van der Waals surface area contributed by atoms with E-state index >= 15 is 0 Å². The smallest absolute Gasteiger partial charge is 0.144 e. The van der Waals surface area contributed by atoms with Gasteiger partial charge in [-0.05, 0) is 19.3 Å². The van der Waals surface area contributed by atoms with Crippen LogP contribution >= 0.6 is 0 Å². The number of hydrogen-bond donors (Lipinski definition) is 2. The summed E-state index contributed by atoms with van der Waals surface area (Å²) >= 11 is 0. The van der Waals surface area contributed by atoms with Crippen molar-refractivity contribution in [2.75, 3.05) is 31.3 Å². The second kappa shape index (κ2) is 7.00. The van der Waals surface area contributed by atoms with E-state index in [1.807, 2.05) is 0 Å². The molecular weight excluding hydrogens is 192 g/mol. The fourth-order valence-electron chi connectivity index (χ4n) is 1.19. The molecule has 0 saturated heterocycles. The number of hydrogen-bond acceptors (Lipinski definition) is 5. The van der Waals surface area contributed by atoms with Crippen LogP contribution in [0, 0.1) is 0 Å². The van der Waals surface area contributed by atoms with Crippen LogP contribution in [0.2, 0.25) is 0 Å². The summed E-state index contributed by atoms with van der Waals surface area (Å²) < 4.78 is 4.96. The van der Waals surface area contributed by atoms with E-state index in [2.05, 4.69) is 15.3 Å². The fraction of sp³-hybridized carbons (Fsp3) is 0.600. The van der Waals surface area contributed by atoms with Crippen LogP contribution in [0.25, 0.3) is 0 Å². The van der Waals surface area contributed by atoms with Crippen molar-refractivity contribution in [2.45, 2.75) is 19.3 Å². The van der Waals surface area contributed by atoms with Gasteiger partial charge in [-0.3, -0.25) is 0 Å². The molecule has 1 rings (SSSR count). The predicted molar refractivity (Wildman–Crippen MR) is 60.7 cm³/mol. The molecule has 3 N–H and O–H groups in total. The summed E-state index contributed by atoms with van der Waals surface area (Å²) in [7, 11) is 1.72. The molecule has 5 heteroatoms. The Morgan fingerprint density at radius 1 is 1.27 bits per heavy atom. The van der Waals surface area contributed by atoms with E-state index < -0.39 is 0 Å². The van der Waals surface area contributed by atoms with Crippen molar-refractivity contribution in [2.24, 2.45) is 0 Å². The summed E-state index contributed by atoms with van der Waals surface area (Å²) in [4.78, 5) is 8.03. The van der Waals surface area contributed by atoms with Crippen molar-refractivity contribution in [3.8, 4) is 0 Å². The SMILES string of the molecule is COCCCCCNc1cnc(N)cn1. The lowest BCUT2D eigenvalue weighted by atomic mass is 10.2. The Morgan fingerprint density at radius 3 is 2.80 bits per heavy atom. The number of methoxy groups -OCH3 is 1. The third-order valence-corrected chi connectivity index (χ3v) is 2.00. The first-order valence-electron chi connectivity index (χ1n) is 5.13. The van der Waals surface area contributed by atoms with Gasteiger partial charge in [0.2, 0.25) is 0 Å². The van der Waals surface area contributed by atoms with Crippen LogP contribution in [-0.2, 0) is 4.74 Å². The zero-order valence-corrected chi connectivity index (χ0v) is 9.07. The van der Waals surface area contributed by atoms with E-state index in [1.54, 1.807) is 19.5 Å². The van der Waals surface area contributed by atoms with Crippen LogP contribution in [0.4, 0.5) is 11.6 Å². The third-order valence-electron chi connectivity index (χ3n) is 2.00. The zero-order chi connectivity index (χ0) is 10.9. The first-order valence-corrected chi connectivity index (χ1v) is 5.13. The highest BCUT2D eigenvalue weighted by Crippen LogP contribution is 2.02. The number of nitrogens with one attached hydrogen (secondary N) is 1. The second-order valence-electron chi connectivity index (χ2n) is 3.31. The van der Waals surface area contributed by atoms with Crippen molar-refractivity contribution < 1.29 is 4.74 Å². The molecule has 0 atom stereocenters. The van der Waals surface area contributed by atoms with Gasteiger partial charge in [-0.15, -0.1) is 0 Å². The molecule has 0 aliphatic heterocycles. The highest BCUT2D eigenvalue weighted by molar-refractivity contribution is 5.35. The number of nitrogens with two attached hydrogens (primary N) is 1. The molecule has 0 aliphatic carbocycles. The topological polar surface area (TPSA) is 73.1 Å². The Kier molecular flexibility index (Phi) is 5.47. The quantitative estimate of drug-likeness (QED) is 0.663. The van der Waals surface area contributed by atoms with Gasteiger partial charge < -0.3 is 15.8 Å². The van der Waals surface area contributed by atoms with Crippen molar-refractivity contribution in [3.05, 3.63) is 12.4 Å². The van der Waals surface area contributed by atoms with Crippen LogP contribution in [0.1, 0.15) is 19.3 Å². The molecule has 0 saturated carbocycles. The first-order chi connectivity index (χ1) is 7.33. The van der Waals surface area contributed by atoms with Gasteiger partial charge in [0.1, 0.15) is 11.6 Å². The molecule has 0 fully saturated rings. The first kappa shape index (κ1) is 11.7. The lowest BCUT2D eigenvalue weighted by Crippen LogP contribution is -2.04. The second-order valence-corrected chi connectivity index (χ2v) is 3.31. The van der Waals surface area contributed by atoms with Gasteiger partial charge >= 0.3 is 0 Å². The number of nitrogen functional groups attached to an aromatic ring is 1. The average molecular weight is 210 g/mol. The van der Waals surface area contributed by atoms with E-state index in [9.17, 15) is 0 Å². The van der Waals surface area contributed by atoms with Gasteiger partial charge in [-0.2, -0.15) is 0 Å². The lowest BCUT2D eigenvalue weighted by molar-refractivity contribution is 0.192. The third kappa shape index (κ3) is 5.17. The monoisotopic (exact) mass is 210 g/mol. The Hall–Kier alpha value is -1.36. The minimum Gasteiger partial charge on any atom is -0.385 e. The highest BCUT2D eigenvalue weighted by atomic mass is 16.5. The summed E-state index contributed by atoms with van der Waals surface area (Å²) in [5.41, 5.74) is 5.42. The number of unbranched alkanes of at least 4 members (excludes halogenated alkanes) is 2. The van der Waals surface area contributed by atoms with E-state index in [-0.39, 0.29) is 0 Å². The van der Waals surface area contributed by atoms with Gasteiger partial charge in [0, 0.05) is 20.3 Å². The Balaban J connectivity index is 2.07. The molecule has 0 amide bonds. The summed E-state index contributed by atoms with van der Waals surface area (Å²) in [6, 6.07) is 0. The molecule has 0 aromatic carbocycles. The average Bonchev–Trinajstić information content (AvgIpc) is 2.26. The van der Waals surface area contributed by atoms with Crippen LogP contribution < -0.4 is 11.1 Å². The molecule has 15 heavy (non-hydrogen) atoms. The minimum atomic E-state index is 0.445.